The number of hydrogen-bond donors (Lipinski definition) is 2. The molecule has 2 atom stereocenters. The second-order valence-electron chi connectivity index (χ2n) is 5.50. The van der Waals surface area contributed by atoms with Crippen LogP contribution in [0.2, 0.25) is 5.02 Å². The van der Waals surface area contributed by atoms with Crippen molar-refractivity contribution in [3.63, 3.8) is 0 Å². The number of rotatable bonds is 3. The second kappa shape index (κ2) is 6.36. The maximum Gasteiger partial charge on any atom is 0.329 e. The standard InChI is InChI=1S/C15H17BrClNO3/c1-9-4-2-3-7-15(9,14(20)21)18-13(19)11-8-10(17)5-6-12(11)16/h5-6,8-9H,2-4,7H2,1H3,(H,18,19)(H,20,21). The third-order valence-electron chi connectivity index (χ3n) is 4.19. The second-order valence-corrected chi connectivity index (χ2v) is 6.79. The minimum absolute atomic E-state index is 0.106. The summed E-state index contributed by atoms with van der Waals surface area (Å²) in [5, 5.41) is 12.8. The van der Waals surface area contributed by atoms with E-state index in [1.807, 2.05) is 6.92 Å². The van der Waals surface area contributed by atoms with E-state index in [-0.39, 0.29) is 5.92 Å². The number of benzene rings is 1. The highest BCUT2D eigenvalue weighted by atomic mass is 79.9. The van der Waals surface area contributed by atoms with Gasteiger partial charge in [0, 0.05) is 9.50 Å². The van der Waals surface area contributed by atoms with Gasteiger partial charge in [0.05, 0.1) is 5.56 Å². The van der Waals surface area contributed by atoms with Gasteiger partial charge in [-0.05, 0) is 52.9 Å². The van der Waals surface area contributed by atoms with Crippen LogP contribution in [-0.4, -0.2) is 22.5 Å². The highest BCUT2D eigenvalue weighted by Gasteiger charge is 2.46. The summed E-state index contributed by atoms with van der Waals surface area (Å²) in [5.74, 6) is -1.49. The molecule has 0 heterocycles. The maximum absolute atomic E-state index is 12.5. The molecule has 0 saturated heterocycles. The number of carboxylic acids is 1. The van der Waals surface area contributed by atoms with Gasteiger partial charge in [0.1, 0.15) is 5.54 Å². The first-order chi connectivity index (χ1) is 9.86. The van der Waals surface area contributed by atoms with Crippen molar-refractivity contribution in [1.29, 1.82) is 0 Å². The molecule has 2 N–H and O–H groups in total. The molecule has 1 amide bonds. The molecular weight excluding hydrogens is 358 g/mol. The van der Waals surface area contributed by atoms with Gasteiger partial charge in [-0.1, -0.05) is 31.4 Å². The molecule has 1 aliphatic carbocycles. The van der Waals surface area contributed by atoms with Crippen LogP contribution in [-0.2, 0) is 4.79 Å². The van der Waals surface area contributed by atoms with Gasteiger partial charge in [0.15, 0.2) is 0 Å². The Labute approximate surface area is 137 Å². The predicted molar refractivity (Wildman–Crippen MR) is 84.6 cm³/mol. The van der Waals surface area contributed by atoms with E-state index in [0.717, 1.165) is 19.3 Å². The molecule has 0 bridgehead atoms. The molecule has 1 aromatic rings. The third-order valence-corrected chi connectivity index (χ3v) is 5.12. The summed E-state index contributed by atoms with van der Waals surface area (Å²) in [6, 6.07) is 4.87. The molecule has 0 aliphatic heterocycles. The van der Waals surface area contributed by atoms with E-state index in [1.54, 1.807) is 12.1 Å². The van der Waals surface area contributed by atoms with Gasteiger partial charge >= 0.3 is 5.97 Å². The van der Waals surface area contributed by atoms with Crippen LogP contribution in [0, 0.1) is 5.92 Å². The van der Waals surface area contributed by atoms with Gasteiger partial charge in [-0.25, -0.2) is 4.79 Å². The van der Waals surface area contributed by atoms with Gasteiger partial charge in [-0.3, -0.25) is 4.79 Å². The van der Waals surface area contributed by atoms with Gasteiger partial charge in [0.2, 0.25) is 0 Å². The molecule has 0 spiro atoms. The molecular formula is C15H17BrClNO3. The van der Waals surface area contributed by atoms with Crippen LogP contribution in [0.3, 0.4) is 0 Å². The maximum atomic E-state index is 12.5. The molecule has 1 aliphatic rings. The summed E-state index contributed by atoms with van der Waals surface area (Å²) in [6.07, 6.45) is 3.04. The van der Waals surface area contributed by atoms with Crippen LogP contribution in [0.4, 0.5) is 0 Å². The number of hydrogen-bond acceptors (Lipinski definition) is 2. The van der Waals surface area contributed by atoms with E-state index in [0.29, 0.717) is 21.5 Å². The first kappa shape index (κ1) is 16.3. The Kier molecular flexibility index (Phi) is 4.94. The van der Waals surface area contributed by atoms with E-state index in [1.165, 1.54) is 6.07 Å². The number of carboxylic acid groups (broad SMARTS) is 1. The average molecular weight is 375 g/mol. The molecule has 0 aromatic heterocycles. The number of amides is 1. The molecule has 0 radical (unpaired) electrons. The normalized spacial score (nSPS) is 25.4. The van der Waals surface area contributed by atoms with E-state index in [9.17, 15) is 14.7 Å². The van der Waals surface area contributed by atoms with Crippen molar-refractivity contribution in [3.8, 4) is 0 Å². The van der Waals surface area contributed by atoms with Crippen molar-refractivity contribution >= 4 is 39.4 Å². The number of halogens is 2. The Balaban J connectivity index is 2.31. The van der Waals surface area contributed by atoms with Gasteiger partial charge in [0.25, 0.3) is 5.91 Å². The van der Waals surface area contributed by atoms with Crippen molar-refractivity contribution in [2.45, 2.75) is 38.1 Å². The van der Waals surface area contributed by atoms with Gasteiger partial charge in [-0.15, -0.1) is 0 Å². The average Bonchev–Trinajstić information content (AvgIpc) is 2.43. The largest absolute Gasteiger partial charge is 0.479 e. The third kappa shape index (κ3) is 3.24. The Morgan fingerprint density at radius 1 is 1.43 bits per heavy atom. The highest BCUT2D eigenvalue weighted by Crippen LogP contribution is 2.34. The van der Waals surface area contributed by atoms with Crippen LogP contribution >= 0.6 is 27.5 Å². The summed E-state index contributed by atoms with van der Waals surface area (Å²) in [7, 11) is 0. The summed E-state index contributed by atoms with van der Waals surface area (Å²) in [4.78, 5) is 24.2. The fraction of sp³-hybridized carbons (Fsp3) is 0.467. The van der Waals surface area contributed by atoms with Crippen LogP contribution in [0.15, 0.2) is 22.7 Å². The molecule has 4 nitrogen and oxygen atoms in total. The number of carbonyl (C=O) groups is 2. The Hall–Kier alpha value is -1.07. The van der Waals surface area contributed by atoms with Crippen molar-refractivity contribution in [2.24, 2.45) is 5.92 Å². The minimum atomic E-state index is -1.20. The van der Waals surface area contributed by atoms with E-state index in [4.69, 9.17) is 11.6 Å². The SMILES string of the molecule is CC1CCCCC1(NC(=O)c1cc(Cl)ccc1Br)C(=O)O. The smallest absolute Gasteiger partial charge is 0.329 e. The summed E-state index contributed by atoms with van der Waals surface area (Å²) in [6.45, 7) is 1.88. The lowest BCUT2D eigenvalue weighted by Gasteiger charge is -2.39. The molecule has 114 valence electrons. The molecule has 6 heteroatoms. The van der Waals surface area contributed by atoms with Crippen LogP contribution < -0.4 is 5.32 Å². The molecule has 21 heavy (non-hydrogen) atoms. The molecule has 2 unspecified atom stereocenters. The summed E-state index contributed by atoms with van der Waals surface area (Å²) < 4.78 is 0.591. The summed E-state index contributed by atoms with van der Waals surface area (Å²) in [5.41, 5.74) is -0.849. The predicted octanol–water partition coefficient (Wildman–Crippen LogP) is 3.87. The Morgan fingerprint density at radius 2 is 2.14 bits per heavy atom. The van der Waals surface area contributed by atoms with Crippen LogP contribution in [0.5, 0.6) is 0 Å². The van der Waals surface area contributed by atoms with Gasteiger partial charge in [-0.2, -0.15) is 0 Å². The number of carbonyl (C=O) groups excluding carboxylic acids is 1. The number of nitrogens with one attached hydrogen (secondary N) is 1. The van der Waals surface area contributed by atoms with Crippen LogP contribution in [0.1, 0.15) is 43.0 Å². The lowest BCUT2D eigenvalue weighted by atomic mass is 9.73. The van der Waals surface area contributed by atoms with Crippen molar-refractivity contribution in [3.05, 3.63) is 33.3 Å². The fourth-order valence-electron chi connectivity index (χ4n) is 2.85. The summed E-state index contributed by atoms with van der Waals surface area (Å²) >= 11 is 9.21. The quantitative estimate of drug-likeness (QED) is 0.844. The first-order valence-corrected chi connectivity index (χ1v) is 8.05. The zero-order chi connectivity index (χ0) is 15.6. The molecule has 1 fully saturated rings. The van der Waals surface area contributed by atoms with Crippen molar-refractivity contribution in [2.75, 3.05) is 0 Å². The van der Waals surface area contributed by atoms with Crippen molar-refractivity contribution in [1.82, 2.24) is 5.32 Å². The lowest BCUT2D eigenvalue weighted by Crippen LogP contribution is -2.60. The fourth-order valence-corrected chi connectivity index (χ4v) is 3.44. The first-order valence-electron chi connectivity index (χ1n) is 6.88. The lowest BCUT2D eigenvalue weighted by molar-refractivity contribution is -0.148. The van der Waals surface area contributed by atoms with Crippen LogP contribution in [0.25, 0.3) is 0 Å². The minimum Gasteiger partial charge on any atom is -0.479 e. The number of aliphatic carboxylic acids is 1. The van der Waals surface area contributed by atoms with E-state index in [2.05, 4.69) is 21.2 Å². The molecule has 1 aromatic carbocycles. The van der Waals surface area contributed by atoms with E-state index >= 15 is 0 Å². The Morgan fingerprint density at radius 3 is 2.76 bits per heavy atom. The monoisotopic (exact) mass is 373 g/mol. The van der Waals surface area contributed by atoms with E-state index < -0.39 is 17.4 Å². The topological polar surface area (TPSA) is 66.4 Å². The zero-order valence-electron chi connectivity index (χ0n) is 11.7. The van der Waals surface area contributed by atoms with Gasteiger partial charge < -0.3 is 10.4 Å². The molecule has 2 rings (SSSR count). The van der Waals surface area contributed by atoms with Crippen molar-refractivity contribution < 1.29 is 14.7 Å². The highest BCUT2D eigenvalue weighted by molar-refractivity contribution is 9.10. The zero-order valence-corrected chi connectivity index (χ0v) is 14.0. The Bertz CT molecular complexity index is 578. The molecule has 1 saturated carbocycles.